The number of nitrogens with zero attached hydrogens (tertiary/aromatic N) is 4. The number of aromatic nitrogens is 2. The number of hydrogen-bond donors (Lipinski definition) is 0. The highest BCUT2D eigenvalue weighted by Gasteiger charge is 2.31. The molecule has 1 amide bonds. The first-order valence-corrected chi connectivity index (χ1v) is 11.7. The number of likely N-dealkylation sites (tertiary alicyclic amines) is 2. The summed E-state index contributed by atoms with van der Waals surface area (Å²) in [5, 5.41) is 4.19. The van der Waals surface area contributed by atoms with E-state index in [1.165, 1.54) is 5.56 Å². The number of benzene rings is 1. The molecule has 0 saturated carbocycles. The molecule has 6 heteroatoms. The largest absolute Gasteiger partial charge is 0.342 e. The smallest absolute Gasteiger partial charge is 0.241 e. The van der Waals surface area contributed by atoms with Crippen LogP contribution in [0.3, 0.4) is 0 Å². The molecule has 1 atom stereocenters. The van der Waals surface area contributed by atoms with Crippen molar-refractivity contribution in [3.8, 4) is 11.4 Å². The lowest BCUT2D eigenvalue weighted by molar-refractivity contribution is -0.138. The van der Waals surface area contributed by atoms with Crippen molar-refractivity contribution in [1.29, 1.82) is 0 Å². The van der Waals surface area contributed by atoms with E-state index in [0.29, 0.717) is 24.2 Å². The van der Waals surface area contributed by atoms with E-state index >= 15 is 0 Å². The molecule has 2 saturated heterocycles. The second-order valence-corrected chi connectivity index (χ2v) is 10.4. The van der Waals surface area contributed by atoms with Crippen LogP contribution in [0.1, 0.15) is 64.8 Å². The monoisotopic (exact) mass is 424 g/mol. The van der Waals surface area contributed by atoms with Crippen LogP contribution in [0.15, 0.2) is 28.8 Å². The van der Waals surface area contributed by atoms with Gasteiger partial charge < -0.3 is 9.42 Å². The van der Waals surface area contributed by atoms with Crippen LogP contribution in [0.25, 0.3) is 11.4 Å². The Kier molecular flexibility index (Phi) is 6.47. The van der Waals surface area contributed by atoms with Crippen LogP contribution in [-0.2, 0) is 16.8 Å². The van der Waals surface area contributed by atoms with E-state index in [0.717, 1.165) is 63.3 Å². The van der Waals surface area contributed by atoms with Gasteiger partial charge in [0, 0.05) is 25.2 Å². The average Bonchev–Trinajstić information content (AvgIpc) is 3.22. The highest BCUT2D eigenvalue weighted by Crippen LogP contribution is 2.26. The van der Waals surface area contributed by atoms with Crippen LogP contribution in [0.4, 0.5) is 0 Å². The van der Waals surface area contributed by atoms with Crippen LogP contribution in [0.5, 0.6) is 0 Å². The Morgan fingerprint density at radius 1 is 1.10 bits per heavy atom. The third-order valence-electron chi connectivity index (χ3n) is 6.79. The van der Waals surface area contributed by atoms with E-state index in [-0.39, 0.29) is 11.3 Å². The van der Waals surface area contributed by atoms with Gasteiger partial charge in [-0.15, -0.1) is 0 Å². The summed E-state index contributed by atoms with van der Waals surface area (Å²) in [6.45, 7) is 13.1. The fourth-order valence-electron chi connectivity index (χ4n) is 4.63. The van der Waals surface area contributed by atoms with Gasteiger partial charge in [-0.25, -0.2) is 0 Å². The fourth-order valence-corrected chi connectivity index (χ4v) is 4.63. The van der Waals surface area contributed by atoms with Gasteiger partial charge in [-0.2, -0.15) is 4.98 Å². The fraction of sp³-hybridized carbons (Fsp3) is 0.640. The lowest BCUT2D eigenvalue weighted by atomic mass is 9.87. The van der Waals surface area contributed by atoms with Gasteiger partial charge in [0.2, 0.25) is 17.6 Å². The number of carbonyl (C=O) groups is 1. The van der Waals surface area contributed by atoms with Crippen molar-refractivity contribution in [1.82, 2.24) is 19.9 Å². The minimum absolute atomic E-state index is 0.0921. The van der Waals surface area contributed by atoms with Crippen molar-refractivity contribution in [2.45, 2.75) is 65.3 Å². The standard InChI is InChI=1S/C25H36N4O2/c1-18-11-14-29(15-12-18)24(30)20-6-5-13-28(16-20)17-22-26-23(27-31-22)19-7-9-21(10-8-19)25(2,3)4/h7-10,18,20H,5-6,11-17H2,1-4H3. The molecule has 2 fully saturated rings. The van der Waals surface area contributed by atoms with E-state index in [1.54, 1.807) is 0 Å². The summed E-state index contributed by atoms with van der Waals surface area (Å²) < 4.78 is 5.55. The molecule has 2 aromatic rings. The Balaban J connectivity index is 1.35. The van der Waals surface area contributed by atoms with E-state index in [9.17, 15) is 4.79 Å². The summed E-state index contributed by atoms with van der Waals surface area (Å²) in [4.78, 5) is 22.0. The molecule has 2 aliphatic heterocycles. The molecule has 2 aliphatic rings. The molecular formula is C25H36N4O2. The molecule has 1 aromatic carbocycles. The molecule has 0 aliphatic carbocycles. The number of hydrogen-bond acceptors (Lipinski definition) is 5. The topological polar surface area (TPSA) is 62.5 Å². The van der Waals surface area contributed by atoms with Crippen molar-refractivity contribution in [2.75, 3.05) is 26.2 Å². The maximum Gasteiger partial charge on any atom is 0.241 e. The van der Waals surface area contributed by atoms with Crippen molar-refractivity contribution in [3.05, 3.63) is 35.7 Å². The molecule has 3 heterocycles. The van der Waals surface area contributed by atoms with Gasteiger partial charge >= 0.3 is 0 Å². The van der Waals surface area contributed by atoms with Crippen LogP contribution in [0.2, 0.25) is 0 Å². The zero-order valence-electron chi connectivity index (χ0n) is 19.4. The first kappa shape index (κ1) is 22.0. The minimum Gasteiger partial charge on any atom is -0.342 e. The molecule has 0 spiro atoms. The number of carbonyl (C=O) groups excluding carboxylic acids is 1. The van der Waals surface area contributed by atoms with Gasteiger partial charge in [-0.3, -0.25) is 9.69 Å². The van der Waals surface area contributed by atoms with E-state index in [2.05, 4.69) is 71.9 Å². The van der Waals surface area contributed by atoms with Gasteiger partial charge in [0.05, 0.1) is 12.5 Å². The highest BCUT2D eigenvalue weighted by molar-refractivity contribution is 5.79. The van der Waals surface area contributed by atoms with Gasteiger partial charge in [0.15, 0.2) is 0 Å². The molecular weight excluding hydrogens is 388 g/mol. The summed E-state index contributed by atoms with van der Waals surface area (Å²) in [5.74, 6) is 2.41. The van der Waals surface area contributed by atoms with Crippen molar-refractivity contribution in [3.63, 3.8) is 0 Å². The minimum atomic E-state index is 0.0921. The van der Waals surface area contributed by atoms with Gasteiger partial charge in [0.1, 0.15) is 0 Å². The Labute approximate surface area is 186 Å². The van der Waals surface area contributed by atoms with Crippen LogP contribution >= 0.6 is 0 Å². The molecule has 0 radical (unpaired) electrons. The van der Waals surface area contributed by atoms with Crippen molar-refractivity contribution >= 4 is 5.91 Å². The number of rotatable bonds is 4. The summed E-state index contributed by atoms with van der Waals surface area (Å²) in [7, 11) is 0. The maximum absolute atomic E-state index is 13.0. The molecule has 6 nitrogen and oxygen atoms in total. The summed E-state index contributed by atoms with van der Waals surface area (Å²) in [5.41, 5.74) is 2.37. The Morgan fingerprint density at radius 2 is 1.81 bits per heavy atom. The normalized spacial score (nSPS) is 21.4. The Morgan fingerprint density at radius 3 is 2.48 bits per heavy atom. The molecule has 0 bridgehead atoms. The molecule has 31 heavy (non-hydrogen) atoms. The lowest BCUT2D eigenvalue weighted by Gasteiger charge is -2.37. The SMILES string of the molecule is CC1CCN(C(=O)C2CCCN(Cc3nc(-c4ccc(C(C)(C)C)cc4)no3)C2)CC1. The number of piperidine rings is 2. The second-order valence-electron chi connectivity index (χ2n) is 10.4. The quantitative estimate of drug-likeness (QED) is 0.723. The van der Waals surface area contributed by atoms with Crippen LogP contribution < -0.4 is 0 Å². The lowest BCUT2D eigenvalue weighted by Crippen LogP contribution is -2.46. The van der Waals surface area contributed by atoms with Crippen molar-refractivity contribution in [2.24, 2.45) is 11.8 Å². The molecule has 168 valence electrons. The van der Waals surface area contributed by atoms with E-state index in [1.807, 2.05) is 0 Å². The van der Waals surface area contributed by atoms with Gasteiger partial charge in [-0.05, 0) is 49.1 Å². The third-order valence-corrected chi connectivity index (χ3v) is 6.79. The molecule has 0 N–H and O–H groups in total. The first-order valence-electron chi connectivity index (χ1n) is 11.7. The van der Waals surface area contributed by atoms with E-state index < -0.39 is 0 Å². The number of amides is 1. The zero-order valence-corrected chi connectivity index (χ0v) is 19.4. The predicted octanol–water partition coefficient (Wildman–Crippen LogP) is 4.50. The zero-order chi connectivity index (χ0) is 22.0. The van der Waals surface area contributed by atoms with Crippen LogP contribution in [0, 0.1) is 11.8 Å². The van der Waals surface area contributed by atoms with Gasteiger partial charge in [0.25, 0.3) is 0 Å². The second kappa shape index (κ2) is 9.11. The maximum atomic E-state index is 13.0. The summed E-state index contributed by atoms with van der Waals surface area (Å²) in [6.07, 6.45) is 4.28. The van der Waals surface area contributed by atoms with Crippen LogP contribution in [-0.4, -0.2) is 52.0 Å². The predicted molar refractivity (Wildman–Crippen MR) is 121 cm³/mol. The molecule has 4 rings (SSSR count). The molecule has 1 aromatic heterocycles. The molecule has 1 unspecified atom stereocenters. The van der Waals surface area contributed by atoms with Crippen molar-refractivity contribution < 1.29 is 9.32 Å². The average molecular weight is 425 g/mol. The van der Waals surface area contributed by atoms with Gasteiger partial charge in [-0.1, -0.05) is 57.1 Å². The Bertz CT molecular complexity index is 876. The summed E-state index contributed by atoms with van der Waals surface area (Å²) >= 11 is 0. The third kappa shape index (κ3) is 5.35. The Hall–Kier alpha value is -2.21. The summed E-state index contributed by atoms with van der Waals surface area (Å²) in [6, 6.07) is 8.38. The van der Waals surface area contributed by atoms with E-state index in [4.69, 9.17) is 4.52 Å². The highest BCUT2D eigenvalue weighted by atomic mass is 16.5. The first-order chi connectivity index (χ1) is 14.8.